The number of carbonyl (C=O) groups is 2. The molecule has 0 saturated carbocycles. The Morgan fingerprint density at radius 2 is 0.667 bits per heavy atom. The normalized spacial score (nSPS) is 12.1. The fraction of sp³-hybridized carbons (Fsp3) is 0.923. The number of aliphatic hydroxyl groups is 1. The highest BCUT2D eigenvalue weighted by molar-refractivity contribution is 5.70. The predicted octanol–water partition coefficient (Wildman–Crippen LogP) is 16.8. The van der Waals surface area contributed by atoms with Crippen LogP contribution in [0.4, 0.5) is 0 Å². The molecule has 0 aliphatic heterocycles. The Kier molecular flexibility index (Phi) is 47.8. The molecule has 1 N–H and O–H groups in total. The van der Waals surface area contributed by atoms with Gasteiger partial charge in [0.15, 0.2) is 6.10 Å². The highest BCUT2D eigenvalue weighted by atomic mass is 16.6. The predicted molar refractivity (Wildman–Crippen MR) is 247 cm³/mol. The van der Waals surface area contributed by atoms with E-state index < -0.39 is 6.10 Å². The first kappa shape index (κ1) is 55.6. The zero-order valence-corrected chi connectivity index (χ0v) is 38.6. The van der Waals surface area contributed by atoms with Crippen LogP contribution in [0.5, 0.6) is 0 Å². The Labute approximate surface area is 356 Å². The summed E-state index contributed by atoms with van der Waals surface area (Å²) in [5, 5.41) is 9.62. The van der Waals surface area contributed by atoms with E-state index in [4.69, 9.17) is 9.47 Å². The van der Waals surface area contributed by atoms with Crippen molar-refractivity contribution in [1.82, 2.24) is 0 Å². The van der Waals surface area contributed by atoms with Gasteiger partial charge in [-0.2, -0.15) is 0 Å². The summed E-state index contributed by atoms with van der Waals surface area (Å²) in [6.07, 6.45) is 58.9. The largest absolute Gasteiger partial charge is 0.462 e. The average molecular weight is 805 g/mol. The van der Waals surface area contributed by atoms with Crippen LogP contribution in [0.15, 0.2) is 12.2 Å². The van der Waals surface area contributed by atoms with Crippen LogP contribution in [0.25, 0.3) is 0 Å². The van der Waals surface area contributed by atoms with Gasteiger partial charge in [0.25, 0.3) is 0 Å². The van der Waals surface area contributed by atoms with Crippen molar-refractivity contribution in [1.29, 1.82) is 0 Å². The molecule has 0 heterocycles. The molecule has 57 heavy (non-hydrogen) atoms. The van der Waals surface area contributed by atoms with Crippen molar-refractivity contribution in [3.63, 3.8) is 0 Å². The number of hydrogen-bond acceptors (Lipinski definition) is 5. The standard InChI is InChI=1S/C52H100O5/c1-3-5-7-9-11-13-15-17-19-21-23-25-26-27-29-31-33-35-37-39-41-43-45-47-52(55)57-50(48-53)49-56-51(54)46-44-42-40-38-36-34-32-30-28-24-22-20-18-16-14-12-10-8-6-4-2/h39,41,50,53H,3-38,40,42-49H2,1-2H3/b41-39+/t50-/m0/s1. The number of carbonyl (C=O) groups excluding carboxylic acids is 2. The lowest BCUT2D eigenvalue weighted by Crippen LogP contribution is -2.28. The number of rotatable bonds is 48. The monoisotopic (exact) mass is 805 g/mol. The minimum atomic E-state index is -0.781. The number of allylic oxidation sites excluding steroid dienone is 2. The molecule has 1 atom stereocenters. The maximum atomic E-state index is 12.2. The minimum absolute atomic E-state index is 0.0699. The van der Waals surface area contributed by atoms with Crippen molar-refractivity contribution >= 4 is 11.9 Å². The van der Waals surface area contributed by atoms with Crippen LogP contribution in [0.2, 0.25) is 0 Å². The lowest BCUT2D eigenvalue weighted by Gasteiger charge is -2.15. The number of hydrogen-bond donors (Lipinski definition) is 1. The molecule has 338 valence electrons. The van der Waals surface area contributed by atoms with Gasteiger partial charge in [-0.15, -0.1) is 0 Å². The summed E-state index contributed by atoms with van der Waals surface area (Å²) in [6.45, 7) is 4.17. The van der Waals surface area contributed by atoms with Gasteiger partial charge < -0.3 is 14.6 Å². The molecule has 0 aliphatic rings. The fourth-order valence-electron chi connectivity index (χ4n) is 7.92. The summed E-state index contributed by atoms with van der Waals surface area (Å²) < 4.78 is 10.7. The van der Waals surface area contributed by atoms with Gasteiger partial charge >= 0.3 is 11.9 Å². The molecule has 0 radical (unpaired) electrons. The summed E-state index contributed by atoms with van der Waals surface area (Å²) in [4.78, 5) is 24.4. The Bertz CT molecular complexity index is 825. The number of unbranched alkanes of at least 4 members (excludes halogenated alkanes) is 38. The first-order valence-corrected chi connectivity index (χ1v) is 25.7. The van der Waals surface area contributed by atoms with Gasteiger partial charge in [-0.05, 0) is 32.1 Å². The second kappa shape index (κ2) is 49.0. The molecule has 0 aliphatic carbocycles. The molecule has 0 saturated heterocycles. The van der Waals surface area contributed by atoms with Crippen molar-refractivity contribution in [3.8, 4) is 0 Å². The van der Waals surface area contributed by atoms with Crippen molar-refractivity contribution in [2.75, 3.05) is 13.2 Å². The third-order valence-corrected chi connectivity index (χ3v) is 11.8. The van der Waals surface area contributed by atoms with Crippen LogP contribution in [-0.2, 0) is 19.1 Å². The van der Waals surface area contributed by atoms with E-state index in [1.165, 1.54) is 225 Å². The minimum Gasteiger partial charge on any atom is -0.462 e. The van der Waals surface area contributed by atoms with E-state index in [9.17, 15) is 14.7 Å². The van der Waals surface area contributed by atoms with Gasteiger partial charge in [-0.25, -0.2) is 0 Å². The highest BCUT2D eigenvalue weighted by Crippen LogP contribution is 2.17. The zero-order valence-electron chi connectivity index (χ0n) is 38.6. The van der Waals surface area contributed by atoms with Crippen LogP contribution >= 0.6 is 0 Å². The molecule has 0 rings (SSSR count). The van der Waals surface area contributed by atoms with E-state index in [0.717, 1.165) is 38.5 Å². The summed E-state index contributed by atoms with van der Waals surface area (Å²) in [6, 6.07) is 0. The van der Waals surface area contributed by atoms with E-state index >= 15 is 0 Å². The Morgan fingerprint density at radius 1 is 0.386 bits per heavy atom. The van der Waals surface area contributed by atoms with Crippen molar-refractivity contribution < 1.29 is 24.2 Å². The topological polar surface area (TPSA) is 72.8 Å². The average Bonchev–Trinajstić information content (AvgIpc) is 3.21. The van der Waals surface area contributed by atoms with Crippen molar-refractivity contribution in [3.05, 3.63) is 12.2 Å². The quantitative estimate of drug-likeness (QED) is 0.0377. The van der Waals surface area contributed by atoms with Crippen LogP contribution in [-0.4, -0.2) is 36.4 Å². The third kappa shape index (κ3) is 47.2. The van der Waals surface area contributed by atoms with Crippen LogP contribution < -0.4 is 0 Å². The van der Waals surface area contributed by atoms with Crippen molar-refractivity contribution in [2.45, 2.75) is 296 Å². The Balaban J connectivity index is 3.46. The second-order valence-electron chi connectivity index (χ2n) is 17.6. The van der Waals surface area contributed by atoms with Gasteiger partial charge in [0.1, 0.15) is 6.61 Å². The Hall–Kier alpha value is -1.36. The van der Waals surface area contributed by atoms with E-state index in [-0.39, 0.29) is 25.2 Å². The first-order chi connectivity index (χ1) is 28.1. The SMILES string of the molecule is CCCCCCCCCCCCCCCCCCCC/C=C/CCCC(=O)O[C@@H](CO)COC(=O)CCCCCCCCCCCCCCCCCCCCCC. The third-order valence-electron chi connectivity index (χ3n) is 11.8. The molecule has 0 aromatic carbocycles. The molecule has 0 aromatic heterocycles. The van der Waals surface area contributed by atoms with Gasteiger partial charge in [0.2, 0.25) is 0 Å². The zero-order chi connectivity index (χ0) is 41.4. The smallest absolute Gasteiger partial charge is 0.306 e. The van der Waals surface area contributed by atoms with E-state index in [1.807, 2.05) is 0 Å². The van der Waals surface area contributed by atoms with Gasteiger partial charge in [0, 0.05) is 12.8 Å². The molecule has 0 amide bonds. The molecule has 0 fully saturated rings. The van der Waals surface area contributed by atoms with E-state index in [0.29, 0.717) is 12.8 Å². The molecule has 0 aromatic rings. The molecule has 0 spiro atoms. The lowest BCUT2D eigenvalue weighted by atomic mass is 10.0. The van der Waals surface area contributed by atoms with Gasteiger partial charge in [-0.1, -0.05) is 257 Å². The molecule has 5 heteroatoms. The maximum absolute atomic E-state index is 12.2. The van der Waals surface area contributed by atoms with Crippen LogP contribution in [0.3, 0.4) is 0 Å². The molecule has 5 nitrogen and oxygen atoms in total. The van der Waals surface area contributed by atoms with E-state index in [2.05, 4.69) is 26.0 Å². The molecule has 0 unspecified atom stereocenters. The Morgan fingerprint density at radius 3 is 1.00 bits per heavy atom. The van der Waals surface area contributed by atoms with Gasteiger partial charge in [-0.3, -0.25) is 9.59 Å². The highest BCUT2D eigenvalue weighted by Gasteiger charge is 2.16. The molecular formula is C52H100O5. The van der Waals surface area contributed by atoms with Crippen LogP contribution in [0.1, 0.15) is 290 Å². The summed E-state index contributed by atoms with van der Waals surface area (Å²) in [7, 11) is 0. The molecule has 0 bridgehead atoms. The number of ether oxygens (including phenoxy) is 2. The first-order valence-electron chi connectivity index (χ1n) is 25.7. The van der Waals surface area contributed by atoms with Gasteiger partial charge in [0.05, 0.1) is 6.61 Å². The second-order valence-corrected chi connectivity index (χ2v) is 17.6. The maximum Gasteiger partial charge on any atom is 0.306 e. The number of aliphatic hydroxyl groups excluding tert-OH is 1. The summed E-state index contributed by atoms with van der Waals surface area (Å²) in [5.74, 6) is -0.608. The lowest BCUT2D eigenvalue weighted by molar-refractivity contribution is -0.161. The number of esters is 2. The summed E-state index contributed by atoms with van der Waals surface area (Å²) in [5.41, 5.74) is 0. The fourth-order valence-corrected chi connectivity index (χ4v) is 7.92. The van der Waals surface area contributed by atoms with Crippen LogP contribution in [0, 0.1) is 0 Å². The summed E-state index contributed by atoms with van der Waals surface area (Å²) >= 11 is 0. The van der Waals surface area contributed by atoms with E-state index in [1.54, 1.807) is 0 Å². The molecular weight excluding hydrogens is 705 g/mol. The van der Waals surface area contributed by atoms with Crippen molar-refractivity contribution in [2.24, 2.45) is 0 Å².